The lowest BCUT2D eigenvalue weighted by Gasteiger charge is -2.35. The summed E-state index contributed by atoms with van der Waals surface area (Å²) in [5.41, 5.74) is 1.58. The number of aliphatic hydroxyl groups excluding tert-OH is 1. The number of amides is 3. The van der Waals surface area contributed by atoms with Crippen molar-refractivity contribution in [3.8, 4) is 0 Å². The molecule has 2 aliphatic rings. The van der Waals surface area contributed by atoms with Gasteiger partial charge in [0.25, 0.3) is 5.91 Å². The topological polar surface area (TPSA) is 82.1 Å². The summed E-state index contributed by atoms with van der Waals surface area (Å²) in [7, 11) is 0. The highest BCUT2D eigenvalue weighted by Crippen LogP contribution is 2.15. The number of carbonyl (C=O) groups excluding carboxylic acids is 2. The normalized spacial score (nSPS) is 26.0. The van der Waals surface area contributed by atoms with Gasteiger partial charge in [0.2, 0.25) is 0 Å². The van der Waals surface area contributed by atoms with Crippen LogP contribution in [0, 0.1) is 0 Å². The number of benzene rings is 1. The van der Waals surface area contributed by atoms with Crippen molar-refractivity contribution in [2.24, 2.45) is 0 Å². The number of likely N-dealkylation sites (tertiary alicyclic amines) is 1. The lowest BCUT2D eigenvalue weighted by Crippen LogP contribution is -2.48. The van der Waals surface area contributed by atoms with Gasteiger partial charge in [-0.1, -0.05) is 12.1 Å². The first kappa shape index (κ1) is 19.6. The lowest BCUT2D eigenvalue weighted by atomic mass is 10.1. The predicted octanol–water partition coefficient (Wildman–Crippen LogP) is 1.60. The standard InChI is InChI=1S/C20H29N3O4/c1-14-11-23(12-15(2)27-14)19(25)17-7-5-16(6-8-17)10-21-20(26)22-9-3-4-18(24)13-22/h5-8,14-15,18,24H,3-4,9-13H2,1-2H3,(H,21,26). The van der Waals surface area contributed by atoms with Gasteiger partial charge < -0.3 is 25.0 Å². The molecular weight excluding hydrogens is 346 g/mol. The molecule has 2 aliphatic heterocycles. The van der Waals surface area contributed by atoms with Crippen LogP contribution in [0.15, 0.2) is 24.3 Å². The second-order valence-corrected chi connectivity index (χ2v) is 7.57. The van der Waals surface area contributed by atoms with Crippen molar-refractivity contribution < 1.29 is 19.4 Å². The number of carbonyl (C=O) groups is 2. The Morgan fingerprint density at radius 3 is 2.41 bits per heavy atom. The van der Waals surface area contributed by atoms with E-state index in [4.69, 9.17) is 4.74 Å². The first-order chi connectivity index (χ1) is 12.9. The van der Waals surface area contributed by atoms with Crippen molar-refractivity contribution in [1.82, 2.24) is 15.1 Å². The minimum Gasteiger partial charge on any atom is -0.391 e. The number of nitrogens with one attached hydrogen (secondary N) is 1. The summed E-state index contributed by atoms with van der Waals surface area (Å²) in [5, 5.41) is 12.5. The number of ether oxygens (including phenoxy) is 1. The van der Waals surface area contributed by atoms with Crippen molar-refractivity contribution in [3.05, 3.63) is 35.4 Å². The number of urea groups is 1. The zero-order valence-corrected chi connectivity index (χ0v) is 16.1. The molecule has 3 amide bonds. The Labute approximate surface area is 160 Å². The van der Waals surface area contributed by atoms with Crippen molar-refractivity contribution in [2.45, 2.75) is 51.5 Å². The van der Waals surface area contributed by atoms with Gasteiger partial charge in [-0.25, -0.2) is 4.79 Å². The molecule has 2 saturated heterocycles. The monoisotopic (exact) mass is 375 g/mol. The minimum absolute atomic E-state index is 0.00916. The maximum absolute atomic E-state index is 12.7. The molecule has 3 rings (SSSR count). The average Bonchev–Trinajstić information content (AvgIpc) is 2.65. The van der Waals surface area contributed by atoms with Gasteiger partial charge in [0.15, 0.2) is 0 Å². The van der Waals surface area contributed by atoms with Gasteiger partial charge in [-0.3, -0.25) is 4.79 Å². The summed E-state index contributed by atoms with van der Waals surface area (Å²) in [6, 6.07) is 7.18. The molecule has 27 heavy (non-hydrogen) atoms. The Balaban J connectivity index is 1.52. The zero-order chi connectivity index (χ0) is 19.4. The van der Waals surface area contributed by atoms with Gasteiger partial charge in [-0.2, -0.15) is 0 Å². The molecule has 1 aromatic rings. The number of piperidine rings is 1. The Morgan fingerprint density at radius 1 is 1.11 bits per heavy atom. The Bertz CT molecular complexity index is 654. The van der Waals surface area contributed by atoms with E-state index in [9.17, 15) is 14.7 Å². The van der Waals surface area contributed by atoms with Gasteiger partial charge in [-0.15, -0.1) is 0 Å². The van der Waals surface area contributed by atoms with Crippen molar-refractivity contribution >= 4 is 11.9 Å². The molecule has 2 heterocycles. The van der Waals surface area contributed by atoms with Crippen molar-refractivity contribution in [2.75, 3.05) is 26.2 Å². The lowest BCUT2D eigenvalue weighted by molar-refractivity contribution is -0.0586. The third-order valence-corrected chi connectivity index (χ3v) is 5.04. The molecule has 2 fully saturated rings. The van der Waals surface area contributed by atoms with Crippen molar-refractivity contribution in [1.29, 1.82) is 0 Å². The first-order valence-electron chi connectivity index (χ1n) is 9.67. The van der Waals surface area contributed by atoms with E-state index in [1.165, 1.54) is 0 Å². The molecule has 2 N–H and O–H groups in total. The van der Waals surface area contributed by atoms with Gasteiger partial charge in [0.05, 0.1) is 18.3 Å². The molecule has 0 spiro atoms. The summed E-state index contributed by atoms with van der Waals surface area (Å²) >= 11 is 0. The first-order valence-corrected chi connectivity index (χ1v) is 9.67. The summed E-state index contributed by atoms with van der Waals surface area (Å²) in [6.45, 7) is 6.60. The van der Waals surface area contributed by atoms with Gasteiger partial charge in [-0.05, 0) is 44.4 Å². The fraction of sp³-hybridized carbons (Fsp3) is 0.600. The number of hydrogen-bond acceptors (Lipinski definition) is 4. The van der Waals surface area contributed by atoms with Gasteiger partial charge in [0, 0.05) is 38.3 Å². The van der Waals surface area contributed by atoms with Crippen LogP contribution in [0.1, 0.15) is 42.6 Å². The van der Waals surface area contributed by atoms with Crippen LogP contribution in [-0.2, 0) is 11.3 Å². The van der Waals surface area contributed by atoms with E-state index in [1.54, 1.807) is 17.0 Å². The maximum atomic E-state index is 12.7. The highest BCUT2D eigenvalue weighted by atomic mass is 16.5. The summed E-state index contributed by atoms with van der Waals surface area (Å²) in [4.78, 5) is 28.3. The third-order valence-electron chi connectivity index (χ3n) is 5.04. The van der Waals surface area contributed by atoms with Crippen LogP contribution in [-0.4, -0.2) is 71.3 Å². The molecule has 3 unspecified atom stereocenters. The van der Waals surface area contributed by atoms with E-state index < -0.39 is 6.10 Å². The predicted molar refractivity (Wildman–Crippen MR) is 101 cm³/mol. The van der Waals surface area contributed by atoms with E-state index in [-0.39, 0.29) is 24.1 Å². The smallest absolute Gasteiger partial charge is 0.317 e. The summed E-state index contributed by atoms with van der Waals surface area (Å²) in [6.07, 6.45) is 1.23. The van der Waals surface area contributed by atoms with E-state index in [1.807, 2.05) is 30.9 Å². The molecule has 0 aromatic heterocycles. The van der Waals surface area contributed by atoms with Crippen LogP contribution in [0.5, 0.6) is 0 Å². The van der Waals surface area contributed by atoms with E-state index in [0.717, 1.165) is 18.4 Å². The second kappa shape index (κ2) is 8.71. The number of nitrogens with zero attached hydrogens (tertiary/aromatic N) is 2. The Hall–Kier alpha value is -2.12. The maximum Gasteiger partial charge on any atom is 0.317 e. The van der Waals surface area contributed by atoms with Crippen LogP contribution in [0.25, 0.3) is 0 Å². The molecule has 1 aromatic carbocycles. The summed E-state index contributed by atoms with van der Waals surface area (Å²) < 4.78 is 5.68. The number of aliphatic hydroxyl groups is 1. The van der Waals surface area contributed by atoms with Crippen LogP contribution in [0.3, 0.4) is 0 Å². The number of β-amino-alcohol motifs (C(OH)–C–C–N with tert-alkyl or cyclic N) is 1. The molecule has 7 nitrogen and oxygen atoms in total. The average molecular weight is 375 g/mol. The van der Waals surface area contributed by atoms with Gasteiger partial charge in [0.1, 0.15) is 0 Å². The summed E-state index contributed by atoms with van der Waals surface area (Å²) in [5.74, 6) is 0.00916. The molecule has 0 radical (unpaired) electrons. The quantitative estimate of drug-likeness (QED) is 0.841. The molecule has 3 atom stereocenters. The largest absolute Gasteiger partial charge is 0.391 e. The minimum atomic E-state index is -0.430. The van der Waals surface area contributed by atoms with Crippen LogP contribution < -0.4 is 5.32 Å². The number of hydrogen-bond donors (Lipinski definition) is 2. The van der Waals surface area contributed by atoms with Crippen LogP contribution in [0.2, 0.25) is 0 Å². The molecule has 7 heteroatoms. The van der Waals surface area contributed by atoms with Crippen molar-refractivity contribution in [3.63, 3.8) is 0 Å². The second-order valence-electron chi connectivity index (χ2n) is 7.57. The number of morpholine rings is 1. The highest BCUT2D eigenvalue weighted by molar-refractivity contribution is 5.94. The van der Waals surface area contributed by atoms with Gasteiger partial charge >= 0.3 is 6.03 Å². The highest BCUT2D eigenvalue weighted by Gasteiger charge is 2.26. The zero-order valence-electron chi connectivity index (χ0n) is 16.1. The SMILES string of the molecule is CC1CN(C(=O)c2ccc(CNC(=O)N3CCCC(O)C3)cc2)CC(C)O1. The third kappa shape index (κ3) is 5.20. The molecule has 0 aliphatic carbocycles. The van der Waals surface area contributed by atoms with E-state index in [2.05, 4.69) is 5.32 Å². The molecular formula is C20H29N3O4. The molecule has 148 valence electrons. The fourth-order valence-electron chi connectivity index (χ4n) is 3.72. The molecule has 0 saturated carbocycles. The van der Waals surface area contributed by atoms with E-state index >= 15 is 0 Å². The Kier molecular flexibility index (Phi) is 6.34. The van der Waals surface area contributed by atoms with E-state index in [0.29, 0.717) is 38.3 Å². The molecule has 0 bridgehead atoms. The van der Waals surface area contributed by atoms with Crippen LogP contribution >= 0.6 is 0 Å². The van der Waals surface area contributed by atoms with Crippen LogP contribution in [0.4, 0.5) is 4.79 Å². The fourth-order valence-corrected chi connectivity index (χ4v) is 3.72. The Morgan fingerprint density at radius 2 is 1.78 bits per heavy atom. The number of rotatable bonds is 3.